The zero-order valence-corrected chi connectivity index (χ0v) is 26.7. The molecule has 0 aliphatic heterocycles. The number of ether oxygens (including phenoxy) is 1. The molecule has 0 saturated carbocycles. The monoisotopic (exact) mass is 630 g/mol. The number of thiophene rings is 1. The summed E-state index contributed by atoms with van der Waals surface area (Å²) in [7, 11) is 1.36. The van der Waals surface area contributed by atoms with Crippen molar-refractivity contribution in [1.29, 1.82) is 0 Å². The Kier molecular flexibility index (Phi) is 9.56. The summed E-state index contributed by atoms with van der Waals surface area (Å²) in [6.45, 7) is 6.71. The van der Waals surface area contributed by atoms with Gasteiger partial charge in [0.15, 0.2) is 0 Å². The van der Waals surface area contributed by atoms with Crippen LogP contribution in [0.5, 0.6) is 0 Å². The number of halogens is 1. The fourth-order valence-electron chi connectivity index (χ4n) is 5.44. The third-order valence-corrected chi connectivity index (χ3v) is 10.3. The van der Waals surface area contributed by atoms with Gasteiger partial charge < -0.3 is 15.4 Å². The lowest BCUT2D eigenvalue weighted by Gasteiger charge is -2.33. The second-order valence-corrected chi connectivity index (χ2v) is 14.1. The molecule has 2 N–H and O–H groups in total. The van der Waals surface area contributed by atoms with Crippen molar-refractivity contribution < 1.29 is 23.5 Å². The highest BCUT2D eigenvalue weighted by Crippen LogP contribution is 2.45. The van der Waals surface area contributed by atoms with Gasteiger partial charge in [-0.1, -0.05) is 69.3 Å². The molecule has 2 atom stereocenters. The van der Waals surface area contributed by atoms with E-state index in [2.05, 4.69) is 31.4 Å². The molecule has 44 heavy (non-hydrogen) atoms. The number of benzene rings is 3. The lowest BCUT2D eigenvalue weighted by atomic mass is 9.72. The summed E-state index contributed by atoms with van der Waals surface area (Å²) in [5.41, 5.74) is 2.76. The minimum absolute atomic E-state index is 0.0547. The molecule has 3 aromatic carbocycles. The van der Waals surface area contributed by atoms with E-state index in [0.29, 0.717) is 22.2 Å². The fourth-order valence-corrected chi connectivity index (χ4v) is 7.84. The van der Waals surface area contributed by atoms with Gasteiger partial charge in [0.1, 0.15) is 16.1 Å². The predicted molar refractivity (Wildman–Crippen MR) is 175 cm³/mol. The normalized spacial score (nSPS) is 15.2. The molecule has 0 spiro atoms. The summed E-state index contributed by atoms with van der Waals surface area (Å²) in [5.74, 6) is -1.42. The number of carbonyl (C=O) groups excluding carboxylic acids is 3. The summed E-state index contributed by atoms with van der Waals surface area (Å²) >= 11 is 2.78. The van der Waals surface area contributed by atoms with Crippen LogP contribution in [-0.4, -0.2) is 24.9 Å². The molecule has 1 aromatic heterocycles. The van der Waals surface area contributed by atoms with Crippen LogP contribution in [0.2, 0.25) is 0 Å². The molecule has 0 radical (unpaired) electrons. The number of hydrogen-bond donors (Lipinski definition) is 2. The number of hydrogen-bond acceptors (Lipinski definition) is 6. The van der Waals surface area contributed by atoms with Crippen molar-refractivity contribution in [3.8, 4) is 0 Å². The molecule has 9 heteroatoms. The maximum absolute atomic E-state index is 14.2. The molecule has 1 heterocycles. The van der Waals surface area contributed by atoms with E-state index < -0.39 is 22.9 Å². The number of carbonyl (C=O) groups is 3. The van der Waals surface area contributed by atoms with Gasteiger partial charge in [-0.3, -0.25) is 9.59 Å². The Morgan fingerprint density at radius 2 is 1.70 bits per heavy atom. The van der Waals surface area contributed by atoms with Gasteiger partial charge in [0.25, 0.3) is 5.91 Å². The van der Waals surface area contributed by atoms with Gasteiger partial charge in [0.05, 0.1) is 18.2 Å². The number of thioether (sulfide) groups is 1. The summed E-state index contributed by atoms with van der Waals surface area (Å²) in [5, 5.41) is 5.67. The Balaban J connectivity index is 1.41. The molecule has 228 valence electrons. The largest absolute Gasteiger partial charge is 0.465 e. The first-order valence-corrected chi connectivity index (χ1v) is 16.2. The SMILES string of the molecule is COC(=O)c1c(NC(=O)C(Sc2cccc(NC(=O)c3ccccc3F)c2)c2ccccc2)sc2c1CCC(C(C)(C)C)C2. The van der Waals surface area contributed by atoms with Gasteiger partial charge in [0, 0.05) is 15.5 Å². The Labute approximate surface area is 265 Å². The summed E-state index contributed by atoms with van der Waals surface area (Å²) in [6.07, 6.45) is 2.58. The predicted octanol–water partition coefficient (Wildman–Crippen LogP) is 8.55. The van der Waals surface area contributed by atoms with E-state index in [1.54, 1.807) is 24.3 Å². The number of esters is 1. The highest BCUT2D eigenvalue weighted by molar-refractivity contribution is 8.00. The Morgan fingerprint density at radius 1 is 0.977 bits per heavy atom. The van der Waals surface area contributed by atoms with E-state index in [1.807, 2.05) is 36.4 Å². The van der Waals surface area contributed by atoms with E-state index >= 15 is 0 Å². The molecule has 0 bridgehead atoms. The summed E-state index contributed by atoms with van der Waals surface area (Å²) in [4.78, 5) is 41.6. The smallest absolute Gasteiger partial charge is 0.341 e. The average molecular weight is 631 g/mol. The van der Waals surface area contributed by atoms with Crippen molar-refractivity contribution in [3.05, 3.63) is 112 Å². The maximum Gasteiger partial charge on any atom is 0.341 e. The zero-order chi connectivity index (χ0) is 31.4. The number of anilines is 2. The molecule has 1 aliphatic rings. The van der Waals surface area contributed by atoms with Crippen LogP contribution < -0.4 is 10.6 Å². The number of rotatable bonds is 8. The van der Waals surface area contributed by atoms with Gasteiger partial charge in [-0.15, -0.1) is 23.1 Å². The second kappa shape index (κ2) is 13.4. The first kappa shape index (κ1) is 31.5. The summed E-state index contributed by atoms with van der Waals surface area (Å²) < 4.78 is 19.3. The van der Waals surface area contributed by atoms with Crippen LogP contribution in [0.25, 0.3) is 0 Å². The van der Waals surface area contributed by atoms with Crippen LogP contribution in [-0.2, 0) is 22.4 Å². The molecule has 5 rings (SSSR count). The van der Waals surface area contributed by atoms with Gasteiger partial charge in [-0.2, -0.15) is 0 Å². The Bertz CT molecular complexity index is 1680. The quantitative estimate of drug-likeness (QED) is 0.151. The topological polar surface area (TPSA) is 84.5 Å². The lowest BCUT2D eigenvalue weighted by molar-refractivity contribution is -0.115. The van der Waals surface area contributed by atoms with Crippen molar-refractivity contribution in [2.24, 2.45) is 11.3 Å². The van der Waals surface area contributed by atoms with Gasteiger partial charge in [-0.05, 0) is 72.1 Å². The van der Waals surface area contributed by atoms with E-state index in [4.69, 9.17) is 4.74 Å². The summed E-state index contributed by atoms with van der Waals surface area (Å²) in [6, 6.07) is 22.3. The van der Waals surface area contributed by atoms with Crippen LogP contribution in [0, 0.1) is 17.2 Å². The molecule has 0 saturated heterocycles. The lowest BCUT2D eigenvalue weighted by Crippen LogP contribution is -2.26. The minimum atomic E-state index is -0.666. The van der Waals surface area contributed by atoms with Crippen LogP contribution in [0.1, 0.15) is 69.2 Å². The van der Waals surface area contributed by atoms with Gasteiger partial charge in [-0.25, -0.2) is 9.18 Å². The third kappa shape index (κ3) is 7.05. The van der Waals surface area contributed by atoms with Crippen molar-refractivity contribution >= 4 is 51.6 Å². The van der Waals surface area contributed by atoms with Crippen molar-refractivity contribution in [1.82, 2.24) is 0 Å². The number of fused-ring (bicyclic) bond motifs is 1. The van der Waals surface area contributed by atoms with E-state index in [1.165, 1.54) is 48.4 Å². The van der Waals surface area contributed by atoms with Crippen LogP contribution >= 0.6 is 23.1 Å². The third-order valence-electron chi connectivity index (χ3n) is 7.92. The van der Waals surface area contributed by atoms with Gasteiger partial charge >= 0.3 is 5.97 Å². The maximum atomic E-state index is 14.2. The molecule has 0 fully saturated rings. The first-order chi connectivity index (χ1) is 21.0. The van der Waals surface area contributed by atoms with E-state index in [-0.39, 0.29) is 16.9 Å². The molecule has 2 unspecified atom stereocenters. The highest BCUT2D eigenvalue weighted by Gasteiger charge is 2.35. The molecule has 6 nitrogen and oxygen atoms in total. The van der Waals surface area contributed by atoms with E-state index in [9.17, 15) is 18.8 Å². The van der Waals surface area contributed by atoms with Crippen molar-refractivity contribution in [2.75, 3.05) is 17.7 Å². The van der Waals surface area contributed by atoms with Gasteiger partial charge in [0.2, 0.25) is 5.91 Å². The molecular weight excluding hydrogens is 596 g/mol. The molecule has 2 amide bonds. The minimum Gasteiger partial charge on any atom is -0.465 e. The highest BCUT2D eigenvalue weighted by atomic mass is 32.2. The Morgan fingerprint density at radius 3 is 2.41 bits per heavy atom. The van der Waals surface area contributed by atoms with Crippen LogP contribution in [0.4, 0.5) is 15.1 Å². The zero-order valence-electron chi connectivity index (χ0n) is 25.1. The van der Waals surface area contributed by atoms with Crippen LogP contribution in [0.3, 0.4) is 0 Å². The first-order valence-electron chi connectivity index (χ1n) is 14.5. The van der Waals surface area contributed by atoms with Crippen molar-refractivity contribution in [3.63, 3.8) is 0 Å². The standard InChI is InChI=1S/C35H35FN2O4S2/c1-35(2,3)22-17-18-26-28(19-22)44-33(29(26)34(41)42-4)38-32(40)30(21-11-6-5-7-12-21)43-24-14-10-13-23(20-24)37-31(39)25-15-8-9-16-27(25)36/h5-16,20,22,30H,17-19H2,1-4H3,(H,37,39)(H,38,40). The van der Waals surface area contributed by atoms with Crippen molar-refractivity contribution in [2.45, 2.75) is 50.2 Å². The molecule has 4 aromatic rings. The second-order valence-electron chi connectivity index (χ2n) is 11.9. The number of nitrogens with one attached hydrogen (secondary N) is 2. The molecular formula is C35H35FN2O4S2. The fraction of sp³-hybridized carbons (Fsp3) is 0.286. The van der Waals surface area contributed by atoms with E-state index in [0.717, 1.165) is 40.2 Å². The van der Waals surface area contributed by atoms with Crippen LogP contribution in [0.15, 0.2) is 83.8 Å². The average Bonchev–Trinajstić information content (AvgIpc) is 3.36. The number of amides is 2. The number of methoxy groups -OCH3 is 1. The Hall–Kier alpha value is -3.95. The molecule has 1 aliphatic carbocycles.